The van der Waals surface area contributed by atoms with Crippen molar-refractivity contribution in [3.05, 3.63) is 24.3 Å². The van der Waals surface area contributed by atoms with Crippen LogP contribution in [0.2, 0.25) is 0 Å². The molecule has 0 bridgehead atoms. The predicted octanol–water partition coefficient (Wildman–Crippen LogP) is 3.28. The van der Waals surface area contributed by atoms with Gasteiger partial charge in [-0.2, -0.15) is 13.2 Å². The Kier molecular flexibility index (Phi) is 3.60. The standard InChI is InChI=1S/C10H9F3N2S2/c11-10(12,13)8(5-14)17-9-15-6-3-1-2-4-7(6)16-9/h1-4,8H,5,14H2. The van der Waals surface area contributed by atoms with Gasteiger partial charge in [-0.1, -0.05) is 23.9 Å². The van der Waals surface area contributed by atoms with Gasteiger partial charge in [0.15, 0.2) is 4.34 Å². The first kappa shape index (κ1) is 12.7. The van der Waals surface area contributed by atoms with Gasteiger partial charge in [0.05, 0.1) is 10.2 Å². The highest BCUT2D eigenvalue weighted by atomic mass is 32.2. The minimum Gasteiger partial charge on any atom is -0.329 e. The van der Waals surface area contributed by atoms with Crippen molar-refractivity contribution in [1.82, 2.24) is 4.98 Å². The monoisotopic (exact) mass is 278 g/mol. The normalized spacial score (nSPS) is 14.1. The van der Waals surface area contributed by atoms with Crippen molar-refractivity contribution in [2.24, 2.45) is 5.73 Å². The molecule has 1 heterocycles. The minimum atomic E-state index is -4.29. The summed E-state index contributed by atoms with van der Waals surface area (Å²) in [7, 11) is 0. The molecular formula is C10H9F3N2S2. The summed E-state index contributed by atoms with van der Waals surface area (Å²) in [5.41, 5.74) is 5.86. The summed E-state index contributed by atoms with van der Waals surface area (Å²) in [6.45, 7) is -0.440. The fourth-order valence-corrected chi connectivity index (χ4v) is 3.40. The zero-order valence-corrected chi connectivity index (χ0v) is 10.2. The maximum atomic E-state index is 12.5. The van der Waals surface area contributed by atoms with Gasteiger partial charge in [0.1, 0.15) is 5.25 Å². The molecule has 1 aromatic carbocycles. The van der Waals surface area contributed by atoms with Crippen molar-refractivity contribution in [1.29, 1.82) is 0 Å². The number of nitrogens with two attached hydrogens (primary N) is 1. The Morgan fingerprint density at radius 3 is 2.65 bits per heavy atom. The molecule has 0 aliphatic heterocycles. The Labute approximate surface area is 104 Å². The molecule has 2 nitrogen and oxygen atoms in total. The third-order valence-electron chi connectivity index (χ3n) is 2.10. The number of halogens is 3. The molecule has 0 aliphatic rings. The number of para-hydroxylation sites is 1. The molecule has 2 rings (SSSR count). The Morgan fingerprint density at radius 2 is 2.06 bits per heavy atom. The number of hydrogen-bond acceptors (Lipinski definition) is 4. The van der Waals surface area contributed by atoms with Crippen LogP contribution in [0.4, 0.5) is 13.2 Å². The molecule has 0 radical (unpaired) electrons. The highest BCUT2D eigenvalue weighted by Crippen LogP contribution is 2.37. The summed E-state index contributed by atoms with van der Waals surface area (Å²) in [6.07, 6.45) is -4.29. The first-order valence-electron chi connectivity index (χ1n) is 4.79. The average molecular weight is 278 g/mol. The van der Waals surface area contributed by atoms with Gasteiger partial charge in [-0.15, -0.1) is 11.3 Å². The molecule has 1 aromatic heterocycles. The molecule has 0 fully saturated rings. The highest BCUT2D eigenvalue weighted by Gasteiger charge is 2.39. The second-order valence-corrected chi connectivity index (χ2v) is 5.81. The number of aromatic nitrogens is 1. The van der Waals surface area contributed by atoms with E-state index in [4.69, 9.17) is 5.73 Å². The smallest absolute Gasteiger partial charge is 0.329 e. The number of benzene rings is 1. The Morgan fingerprint density at radius 1 is 1.35 bits per heavy atom. The van der Waals surface area contributed by atoms with Crippen LogP contribution in [-0.2, 0) is 0 Å². The van der Waals surface area contributed by atoms with E-state index in [1.807, 2.05) is 12.1 Å². The quantitative estimate of drug-likeness (QED) is 0.876. The van der Waals surface area contributed by atoms with Crippen LogP contribution < -0.4 is 5.73 Å². The van der Waals surface area contributed by atoms with Crippen molar-refractivity contribution in [2.75, 3.05) is 6.54 Å². The fourth-order valence-electron chi connectivity index (χ4n) is 1.27. The van der Waals surface area contributed by atoms with Gasteiger partial charge in [0.25, 0.3) is 0 Å². The number of hydrogen-bond donors (Lipinski definition) is 1. The lowest BCUT2D eigenvalue weighted by Crippen LogP contribution is -2.32. The zero-order valence-electron chi connectivity index (χ0n) is 8.57. The number of rotatable bonds is 3. The van der Waals surface area contributed by atoms with E-state index in [1.165, 1.54) is 11.3 Å². The lowest BCUT2D eigenvalue weighted by molar-refractivity contribution is -0.126. The van der Waals surface area contributed by atoms with Crippen LogP contribution in [0.25, 0.3) is 10.2 Å². The van der Waals surface area contributed by atoms with Crippen molar-refractivity contribution >= 4 is 33.3 Å². The van der Waals surface area contributed by atoms with Crippen LogP contribution in [0.5, 0.6) is 0 Å². The summed E-state index contributed by atoms with van der Waals surface area (Å²) in [4.78, 5) is 4.14. The molecule has 0 saturated carbocycles. The first-order valence-corrected chi connectivity index (χ1v) is 6.49. The Balaban J connectivity index is 2.23. The van der Waals surface area contributed by atoms with Gasteiger partial charge in [-0.25, -0.2) is 4.98 Å². The molecule has 0 spiro atoms. The number of thiazole rings is 1. The van der Waals surface area contributed by atoms with Crippen molar-refractivity contribution in [3.8, 4) is 0 Å². The lowest BCUT2D eigenvalue weighted by atomic mass is 10.3. The fraction of sp³-hybridized carbons (Fsp3) is 0.300. The molecule has 0 saturated heterocycles. The summed E-state index contributed by atoms with van der Waals surface area (Å²) >= 11 is 1.93. The van der Waals surface area contributed by atoms with Crippen LogP contribution in [0.1, 0.15) is 0 Å². The van der Waals surface area contributed by atoms with Crippen LogP contribution in [0.3, 0.4) is 0 Å². The van der Waals surface area contributed by atoms with Crippen LogP contribution in [0, 0.1) is 0 Å². The average Bonchev–Trinajstić information content (AvgIpc) is 2.66. The second kappa shape index (κ2) is 4.83. The van der Waals surface area contributed by atoms with E-state index in [0.717, 1.165) is 10.2 Å². The molecular weight excluding hydrogens is 269 g/mol. The second-order valence-electron chi connectivity index (χ2n) is 3.33. The number of thioether (sulfide) groups is 1. The molecule has 92 valence electrons. The molecule has 1 unspecified atom stereocenters. The van der Waals surface area contributed by atoms with Crippen molar-refractivity contribution in [2.45, 2.75) is 15.8 Å². The number of nitrogens with zero attached hydrogens (tertiary/aromatic N) is 1. The van der Waals surface area contributed by atoms with E-state index in [2.05, 4.69) is 4.98 Å². The van der Waals surface area contributed by atoms with Gasteiger partial charge >= 0.3 is 6.18 Å². The first-order chi connectivity index (χ1) is 8.00. The SMILES string of the molecule is NCC(Sc1nc2ccccc2s1)C(F)(F)F. The van der Waals surface area contributed by atoms with E-state index >= 15 is 0 Å². The van der Waals surface area contributed by atoms with Gasteiger partial charge in [0.2, 0.25) is 0 Å². The molecule has 0 aliphatic carbocycles. The molecule has 17 heavy (non-hydrogen) atoms. The maximum absolute atomic E-state index is 12.5. The van der Waals surface area contributed by atoms with Gasteiger partial charge in [-0.05, 0) is 12.1 Å². The van der Waals surface area contributed by atoms with E-state index in [9.17, 15) is 13.2 Å². The summed E-state index contributed by atoms with van der Waals surface area (Å²) < 4.78 is 38.9. The largest absolute Gasteiger partial charge is 0.402 e. The van der Waals surface area contributed by atoms with E-state index in [-0.39, 0.29) is 0 Å². The molecule has 2 N–H and O–H groups in total. The van der Waals surface area contributed by atoms with Crippen molar-refractivity contribution < 1.29 is 13.2 Å². The van der Waals surface area contributed by atoms with Crippen LogP contribution >= 0.6 is 23.1 Å². The molecule has 7 heteroatoms. The van der Waals surface area contributed by atoms with E-state index < -0.39 is 18.0 Å². The molecule has 0 amide bonds. The maximum Gasteiger partial charge on any atom is 0.402 e. The van der Waals surface area contributed by atoms with Crippen LogP contribution in [-0.4, -0.2) is 23.0 Å². The van der Waals surface area contributed by atoms with Gasteiger partial charge < -0.3 is 5.73 Å². The highest BCUT2D eigenvalue weighted by molar-refractivity contribution is 8.01. The number of fused-ring (bicyclic) bond motifs is 1. The predicted molar refractivity (Wildman–Crippen MR) is 64.4 cm³/mol. The van der Waals surface area contributed by atoms with Gasteiger partial charge in [-0.3, -0.25) is 0 Å². The van der Waals surface area contributed by atoms with E-state index in [1.54, 1.807) is 12.1 Å². The molecule has 1 atom stereocenters. The summed E-state index contributed by atoms with van der Waals surface area (Å²) in [6, 6.07) is 7.25. The topological polar surface area (TPSA) is 38.9 Å². The summed E-state index contributed by atoms with van der Waals surface area (Å²) in [5, 5.41) is -1.59. The zero-order chi connectivity index (χ0) is 12.5. The van der Waals surface area contributed by atoms with Gasteiger partial charge in [0, 0.05) is 6.54 Å². The Hall–Kier alpha value is -0.790. The Bertz CT molecular complexity index is 476. The minimum absolute atomic E-state index is 0.402. The van der Waals surface area contributed by atoms with Crippen LogP contribution in [0.15, 0.2) is 28.6 Å². The third kappa shape index (κ3) is 2.91. The van der Waals surface area contributed by atoms with Crippen molar-refractivity contribution in [3.63, 3.8) is 0 Å². The molecule has 2 aromatic rings. The lowest BCUT2D eigenvalue weighted by Gasteiger charge is -2.15. The summed E-state index contributed by atoms with van der Waals surface area (Å²) in [5.74, 6) is 0. The third-order valence-corrected chi connectivity index (χ3v) is 4.50. The van der Waals surface area contributed by atoms with E-state index in [0.29, 0.717) is 16.1 Å². The number of alkyl halides is 3.